The van der Waals surface area contributed by atoms with Gasteiger partial charge in [-0.1, -0.05) is 48.5 Å². The van der Waals surface area contributed by atoms with Crippen molar-refractivity contribution in [3.05, 3.63) is 162 Å². The summed E-state index contributed by atoms with van der Waals surface area (Å²) in [6.07, 6.45) is 0.354. The van der Waals surface area contributed by atoms with Crippen LogP contribution in [0.1, 0.15) is 35.6 Å². The van der Waals surface area contributed by atoms with E-state index in [1.807, 2.05) is 0 Å². The van der Waals surface area contributed by atoms with Crippen molar-refractivity contribution in [1.82, 2.24) is 28.2 Å². The highest BCUT2D eigenvalue weighted by molar-refractivity contribution is 7.89. The normalized spacial score (nSPS) is 15.9. The van der Waals surface area contributed by atoms with Gasteiger partial charge in [0.2, 0.25) is 20.0 Å². The summed E-state index contributed by atoms with van der Waals surface area (Å²) in [5, 5.41) is 39.0. The first-order chi connectivity index (χ1) is 29.5. The van der Waals surface area contributed by atoms with Crippen LogP contribution in [0.25, 0.3) is 0 Å². The highest BCUT2D eigenvalue weighted by Gasteiger charge is 2.35. The molecule has 3 heterocycles. The van der Waals surface area contributed by atoms with Crippen LogP contribution in [0.3, 0.4) is 0 Å². The van der Waals surface area contributed by atoms with E-state index >= 15 is 0 Å². The van der Waals surface area contributed by atoms with Crippen LogP contribution in [0.4, 0.5) is 17.1 Å². The molecule has 2 aromatic heterocycles. The second-order valence-corrected chi connectivity index (χ2v) is 19.5. The van der Waals surface area contributed by atoms with Crippen molar-refractivity contribution in [3.8, 4) is 0 Å². The molecule has 0 atom stereocenters. The second kappa shape index (κ2) is 19.3. The molecule has 6 rings (SSSR count). The van der Waals surface area contributed by atoms with Gasteiger partial charge >= 0.3 is 0 Å². The van der Waals surface area contributed by atoms with Crippen molar-refractivity contribution in [2.45, 2.75) is 53.7 Å². The number of fused-ring (bicyclic) bond motifs is 4. The van der Waals surface area contributed by atoms with Crippen LogP contribution in [0.15, 0.2) is 124 Å². The van der Waals surface area contributed by atoms with Gasteiger partial charge in [-0.2, -0.15) is 12.9 Å². The Kier molecular flexibility index (Phi) is 14.1. The molecule has 5 aromatic rings. The third-order valence-electron chi connectivity index (χ3n) is 9.64. The molecule has 0 saturated heterocycles. The van der Waals surface area contributed by atoms with E-state index in [1.54, 1.807) is 0 Å². The van der Waals surface area contributed by atoms with E-state index in [1.165, 1.54) is 72.8 Å². The Balaban J connectivity index is 1.44. The molecule has 3 aromatic carbocycles. The quantitative estimate of drug-likeness (QED) is 0.159. The van der Waals surface area contributed by atoms with Gasteiger partial charge in [-0.15, -0.1) is 0 Å². The standard InChI is InChI=1S/C38H39N9O12S3/c48-45(49)33-15-1-4-18-36(33)60(54,55)42-23-9-21-39-22-10-24-43(61(56,57)37-19-5-2-16-34(37)46(50)51)26-30-12-8-14-32(41-30)28-44(27-31-13-7-11-29(25-42)40-31)62(58,59)38-20-6-3-17-35(38)47(52)53/h1-8,11-20,39H,9-10,21-28H2. The Bertz CT molecular complexity index is 2680. The first kappa shape index (κ1) is 45.4. The lowest BCUT2D eigenvalue weighted by Crippen LogP contribution is -2.35. The Labute approximate surface area is 356 Å². The molecule has 0 unspecified atom stereocenters. The molecule has 21 nitrogen and oxygen atoms in total. The summed E-state index contributed by atoms with van der Waals surface area (Å²) in [4.78, 5) is 40.8. The van der Waals surface area contributed by atoms with Gasteiger partial charge in [0.05, 0.1) is 63.7 Å². The zero-order chi connectivity index (χ0) is 44.7. The fraction of sp³-hybridized carbons (Fsp3) is 0.263. The van der Waals surface area contributed by atoms with Gasteiger partial charge in [-0.25, -0.2) is 25.3 Å². The maximum absolute atomic E-state index is 14.4. The van der Waals surface area contributed by atoms with Crippen molar-refractivity contribution in [3.63, 3.8) is 0 Å². The van der Waals surface area contributed by atoms with Gasteiger partial charge in [0.1, 0.15) is 0 Å². The number of nitrogens with one attached hydrogen (secondary N) is 1. The Morgan fingerprint density at radius 3 is 1.05 bits per heavy atom. The number of rotatable bonds is 9. The van der Waals surface area contributed by atoms with E-state index in [9.17, 15) is 55.6 Å². The molecule has 0 fully saturated rings. The third-order valence-corrected chi connectivity index (χ3v) is 15.3. The van der Waals surface area contributed by atoms with Crippen LogP contribution in [0, 0.1) is 30.3 Å². The molecule has 1 aliphatic rings. The molecule has 326 valence electrons. The van der Waals surface area contributed by atoms with Gasteiger partial charge in [-0.05, 0) is 68.4 Å². The predicted octanol–water partition coefficient (Wildman–Crippen LogP) is 4.36. The smallest absolute Gasteiger partial charge is 0.289 e. The lowest BCUT2D eigenvalue weighted by Gasteiger charge is -2.25. The van der Waals surface area contributed by atoms with Crippen LogP contribution in [-0.4, -0.2) is 89.1 Å². The van der Waals surface area contributed by atoms with Gasteiger partial charge in [0.25, 0.3) is 27.1 Å². The number of aromatic nitrogens is 2. The summed E-state index contributed by atoms with van der Waals surface area (Å²) >= 11 is 0. The predicted molar refractivity (Wildman–Crippen MR) is 221 cm³/mol. The number of para-hydroxylation sites is 3. The molecule has 0 spiro atoms. The SMILES string of the molecule is O=[N+]([O-])c1ccccc1S(=O)(=O)N1CCCNCCCN(S(=O)(=O)c2ccccc2[N+](=O)[O-])Cc2cccc(n2)CN(S(=O)(=O)c2ccccc2[N+](=O)[O-])Cc2cccc(n2)C1. The van der Waals surface area contributed by atoms with Crippen LogP contribution in [0.5, 0.6) is 0 Å². The minimum Gasteiger partial charge on any atom is -0.317 e. The molecule has 1 aliphatic heterocycles. The average Bonchev–Trinajstić information content (AvgIpc) is 3.24. The fourth-order valence-electron chi connectivity index (χ4n) is 6.71. The van der Waals surface area contributed by atoms with E-state index in [0.717, 1.165) is 49.3 Å². The minimum atomic E-state index is -4.74. The summed E-state index contributed by atoms with van der Waals surface area (Å²) in [6, 6.07) is 23.4. The zero-order valence-corrected chi connectivity index (χ0v) is 35.1. The number of hydrogen-bond acceptors (Lipinski definition) is 15. The average molecular weight is 910 g/mol. The first-order valence-electron chi connectivity index (χ1n) is 18.8. The van der Waals surface area contributed by atoms with Gasteiger partial charge < -0.3 is 5.32 Å². The summed E-state index contributed by atoms with van der Waals surface area (Å²) in [5.41, 5.74) is -1.47. The van der Waals surface area contributed by atoms with Crippen molar-refractivity contribution >= 4 is 47.1 Å². The molecule has 0 aliphatic carbocycles. The third kappa shape index (κ3) is 10.3. The summed E-state index contributed by atoms with van der Waals surface area (Å²) in [5.74, 6) is 0. The van der Waals surface area contributed by atoms with E-state index in [4.69, 9.17) is 0 Å². The highest BCUT2D eigenvalue weighted by Crippen LogP contribution is 2.31. The maximum Gasteiger partial charge on any atom is 0.289 e. The summed E-state index contributed by atoms with van der Waals surface area (Å²) < 4.78 is 88.4. The summed E-state index contributed by atoms with van der Waals surface area (Å²) in [6.45, 7) is -1.68. The fourth-order valence-corrected chi connectivity index (χ4v) is 11.5. The number of nitro benzene ring substituents is 3. The molecule has 0 saturated carbocycles. The van der Waals surface area contributed by atoms with E-state index in [0.29, 0.717) is 0 Å². The molecule has 0 radical (unpaired) electrons. The van der Waals surface area contributed by atoms with E-state index < -0.39 is 89.7 Å². The van der Waals surface area contributed by atoms with Gasteiger partial charge in [0.15, 0.2) is 14.7 Å². The summed E-state index contributed by atoms with van der Waals surface area (Å²) in [7, 11) is -13.8. The number of sulfonamides is 3. The molecule has 62 heavy (non-hydrogen) atoms. The Morgan fingerprint density at radius 2 is 0.726 bits per heavy atom. The molecular formula is C38H39N9O12S3. The zero-order valence-electron chi connectivity index (χ0n) is 32.7. The number of nitrogens with zero attached hydrogens (tertiary/aromatic N) is 8. The topological polar surface area (TPSA) is 279 Å². The number of nitro groups is 3. The number of hydrogen-bond donors (Lipinski definition) is 1. The van der Waals surface area contributed by atoms with Crippen molar-refractivity contribution in [2.24, 2.45) is 0 Å². The van der Waals surface area contributed by atoms with Crippen molar-refractivity contribution in [2.75, 3.05) is 26.2 Å². The van der Waals surface area contributed by atoms with Crippen LogP contribution >= 0.6 is 0 Å². The van der Waals surface area contributed by atoms with E-state index in [-0.39, 0.29) is 74.9 Å². The van der Waals surface area contributed by atoms with Crippen LogP contribution in [0.2, 0.25) is 0 Å². The molecule has 1 N–H and O–H groups in total. The first-order valence-corrected chi connectivity index (χ1v) is 23.1. The lowest BCUT2D eigenvalue weighted by atomic mass is 10.2. The minimum absolute atomic E-state index is 0.0987. The molecule has 4 bridgehead atoms. The highest BCUT2D eigenvalue weighted by atomic mass is 32.2. The van der Waals surface area contributed by atoms with E-state index in [2.05, 4.69) is 15.3 Å². The van der Waals surface area contributed by atoms with Gasteiger partial charge in [-0.3, -0.25) is 40.3 Å². The van der Waals surface area contributed by atoms with Crippen LogP contribution in [-0.2, 0) is 56.2 Å². The molecule has 24 heteroatoms. The molecule has 0 amide bonds. The number of benzene rings is 3. The largest absolute Gasteiger partial charge is 0.317 e. The lowest BCUT2D eigenvalue weighted by molar-refractivity contribution is -0.388. The number of pyridine rings is 2. The Morgan fingerprint density at radius 1 is 0.435 bits per heavy atom. The Hall–Kier alpha value is -6.15. The molecular weight excluding hydrogens is 871 g/mol. The van der Waals surface area contributed by atoms with Crippen molar-refractivity contribution < 1.29 is 40.0 Å². The maximum atomic E-state index is 14.4. The van der Waals surface area contributed by atoms with Crippen molar-refractivity contribution in [1.29, 1.82) is 0 Å². The van der Waals surface area contributed by atoms with Crippen LogP contribution < -0.4 is 5.32 Å². The van der Waals surface area contributed by atoms with Gasteiger partial charge in [0, 0.05) is 31.3 Å². The monoisotopic (exact) mass is 909 g/mol. The second-order valence-electron chi connectivity index (χ2n) is 13.8.